The van der Waals surface area contributed by atoms with Crippen molar-refractivity contribution < 1.29 is 4.92 Å². The van der Waals surface area contributed by atoms with E-state index in [-0.39, 0.29) is 18.1 Å². The number of amidine groups is 1. The number of hydrogen-bond acceptors (Lipinski definition) is 4. The molecule has 0 radical (unpaired) electrons. The Morgan fingerprint density at radius 3 is 2.64 bits per heavy atom. The van der Waals surface area contributed by atoms with Crippen molar-refractivity contribution in [3.8, 4) is 0 Å². The van der Waals surface area contributed by atoms with Crippen LogP contribution in [-0.4, -0.2) is 20.5 Å². The molecule has 0 saturated heterocycles. The summed E-state index contributed by atoms with van der Waals surface area (Å²) in [5.74, 6) is -0.0782. The van der Waals surface area contributed by atoms with E-state index in [9.17, 15) is 10.1 Å². The van der Waals surface area contributed by atoms with Gasteiger partial charge in [0.25, 0.3) is 0 Å². The van der Waals surface area contributed by atoms with Crippen molar-refractivity contribution in [3.63, 3.8) is 0 Å². The fourth-order valence-electron chi connectivity index (χ4n) is 1.27. The van der Waals surface area contributed by atoms with E-state index in [2.05, 4.69) is 5.10 Å². The summed E-state index contributed by atoms with van der Waals surface area (Å²) in [6, 6.07) is 0. The zero-order valence-electron chi connectivity index (χ0n) is 7.94. The summed E-state index contributed by atoms with van der Waals surface area (Å²) >= 11 is 0. The van der Waals surface area contributed by atoms with Crippen LogP contribution in [-0.2, 0) is 6.54 Å². The van der Waals surface area contributed by atoms with Crippen LogP contribution in [0.2, 0.25) is 0 Å². The first-order valence-electron chi connectivity index (χ1n) is 3.94. The van der Waals surface area contributed by atoms with Gasteiger partial charge in [-0.05, 0) is 13.8 Å². The molecule has 3 N–H and O–H groups in total. The molecule has 0 amide bonds. The Morgan fingerprint density at radius 2 is 2.29 bits per heavy atom. The summed E-state index contributed by atoms with van der Waals surface area (Å²) in [4.78, 5) is 10.1. The van der Waals surface area contributed by atoms with Gasteiger partial charge in [-0.3, -0.25) is 20.2 Å². The minimum atomic E-state index is -0.478. The van der Waals surface area contributed by atoms with Crippen LogP contribution >= 0.6 is 0 Å². The van der Waals surface area contributed by atoms with E-state index in [1.54, 1.807) is 13.8 Å². The lowest BCUT2D eigenvalue weighted by Gasteiger charge is -2.00. The summed E-state index contributed by atoms with van der Waals surface area (Å²) in [6.45, 7) is 3.23. The summed E-state index contributed by atoms with van der Waals surface area (Å²) in [6.07, 6.45) is 0. The molecule has 0 aliphatic rings. The SMILES string of the molecule is Cc1nn(CC(=N)N)c(C)c1[N+](=O)[O-]. The van der Waals surface area contributed by atoms with Crippen molar-refractivity contribution >= 4 is 11.5 Å². The van der Waals surface area contributed by atoms with E-state index in [1.165, 1.54) is 4.68 Å². The Bertz CT molecular complexity index is 395. The Kier molecular flexibility index (Phi) is 2.50. The lowest BCUT2D eigenvalue weighted by Crippen LogP contribution is -2.19. The number of nitrogens with two attached hydrogens (primary N) is 1. The number of aromatic nitrogens is 2. The van der Waals surface area contributed by atoms with Gasteiger partial charge in [0.1, 0.15) is 17.2 Å². The smallest absolute Gasteiger partial charge is 0.312 e. The van der Waals surface area contributed by atoms with E-state index in [1.807, 2.05) is 0 Å². The van der Waals surface area contributed by atoms with Gasteiger partial charge in [0.2, 0.25) is 0 Å². The average Bonchev–Trinajstić information content (AvgIpc) is 2.25. The van der Waals surface area contributed by atoms with E-state index < -0.39 is 4.92 Å². The third-order valence-corrected chi connectivity index (χ3v) is 1.85. The summed E-state index contributed by atoms with van der Waals surface area (Å²) in [5, 5.41) is 21.6. The second-order valence-electron chi connectivity index (χ2n) is 2.96. The van der Waals surface area contributed by atoms with Crippen LogP contribution in [0.25, 0.3) is 0 Å². The highest BCUT2D eigenvalue weighted by Gasteiger charge is 2.21. The predicted octanol–water partition coefficient (Wildman–Crippen LogP) is 0.344. The molecule has 0 aromatic carbocycles. The molecule has 0 fully saturated rings. The maximum absolute atomic E-state index is 10.6. The van der Waals surface area contributed by atoms with Gasteiger partial charge < -0.3 is 5.73 Å². The standard InChI is InChI=1S/C7H11N5O2/c1-4-7(12(13)14)5(2)11(10-4)3-6(8)9/h3H2,1-2H3,(H3,8,9). The minimum absolute atomic E-state index is 0.00810. The molecule has 0 aliphatic heterocycles. The molecule has 0 spiro atoms. The first-order chi connectivity index (χ1) is 6.43. The fourth-order valence-corrected chi connectivity index (χ4v) is 1.27. The van der Waals surface area contributed by atoms with Crippen LogP contribution in [0.15, 0.2) is 0 Å². The van der Waals surface area contributed by atoms with Crippen molar-refractivity contribution in [2.45, 2.75) is 20.4 Å². The Labute approximate surface area is 80.2 Å². The molecule has 0 atom stereocenters. The van der Waals surface area contributed by atoms with E-state index >= 15 is 0 Å². The summed E-state index contributed by atoms with van der Waals surface area (Å²) in [7, 11) is 0. The largest absolute Gasteiger partial charge is 0.386 e. The van der Waals surface area contributed by atoms with Crippen LogP contribution in [0, 0.1) is 29.4 Å². The second-order valence-corrected chi connectivity index (χ2v) is 2.96. The van der Waals surface area contributed by atoms with Crippen LogP contribution in [0.5, 0.6) is 0 Å². The lowest BCUT2D eigenvalue weighted by atomic mass is 10.3. The number of nitro groups is 1. The molecular formula is C7H11N5O2. The molecule has 14 heavy (non-hydrogen) atoms. The molecule has 1 aromatic heterocycles. The van der Waals surface area contributed by atoms with Gasteiger partial charge >= 0.3 is 5.69 Å². The van der Waals surface area contributed by atoms with E-state index in [4.69, 9.17) is 11.1 Å². The summed E-state index contributed by atoms with van der Waals surface area (Å²) in [5.41, 5.74) is 5.93. The van der Waals surface area contributed by atoms with Crippen LogP contribution in [0.3, 0.4) is 0 Å². The molecule has 76 valence electrons. The van der Waals surface area contributed by atoms with Gasteiger partial charge in [-0.25, -0.2) is 0 Å². The van der Waals surface area contributed by atoms with Gasteiger partial charge in [-0.2, -0.15) is 5.10 Å². The fraction of sp³-hybridized carbons (Fsp3) is 0.429. The minimum Gasteiger partial charge on any atom is -0.386 e. The molecule has 1 aromatic rings. The topological polar surface area (TPSA) is 111 Å². The third-order valence-electron chi connectivity index (χ3n) is 1.85. The average molecular weight is 197 g/mol. The number of nitrogens with zero attached hydrogens (tertiary/aromatic N) is 3. The van der Waals surface area contributed by atoms with Gasteiger partial charge in [0, 0.05) is 0 Å². The maximum atomic E-state index is 10.6. The van der Waals surface area contributed by atoms with Crippen molar-refractivity contribution in [1.82, 2.24) is 9.78 Å². The van der Waals surface area contributed by atoms with Crippen LogP contribution in [0.1, 0.15) is 11.4 Å². The van der Waals surface area contributed by atoms with Crippen molar-refractivity contribution in [3.05, 3.63) is 21.5 Å². The quantitative estimate of drug-likeness (QED) is 0.315. The van der Waals surface area contributed by atoms with Crippen LogP contribution < -0.4 is 5.73 Å². The molecule has 7 nitrogen and oxygen atoms in total. The normalized spacial score (nSPS) is 10.1. The molecule has 0 saturated carbocycles. The molecule has 0 aliphatic carbocycles. The highest BCUT2D eigenvalue weighted by Crippen LogP contribution is 2.21. The molecule has 1 rings (SSSR count). The maximum Gasteiger partial charge on any atom is 0.312 e. The number of rotatable bonds is 3. The van der Waals surface area contributed by atoms with Gasteiger partial charge in [0.15, 0.2) is 0 Å². The highest BCUT2D eigenvalue weighted by molar-refractivity contribution is 5.76. The predicted molar refractivity (Wildman–Crippen MR) is 50.3 cm³/mol. The monoisotopic (exact) mass is 197 g/mol. The van der Waals surface area contributed by atoms with E-state index in [0.29, 0.717) is 11.4 Å². The van der Waals surface area contributed by atoms with Crippen molar-refractivity contribution in [2.75, 3.05) is 0 Å². The second kappa shape index (κ2) is 3.44. The van der Waals surface area contributed by atoms with Crippen LogP contribution in [0.4, 0.5) is 5.69 Å². The number of hydrogen-bond donors (Lipinski definition) is 2. The number of nitrogens with one attached hydrogen (secondary N) is 1. The molecule has 1 heterocycles. The zero-order valence-corrected chi connectivity index (χ0v) is 7.94. The molecule has 7 heteroatoms. The molecule has 0 bridgehead atoms. The highest BCUT2D eigenvalue weighted by atomic mass is 16.6. The van der Waals surface area contributed by atoms with Gasteiger partial charge in [0.05, 0.1) is 11.5 Å². The Hall–Kier alpha value is -1.92. The lowest BCUT2D eigenvalue weighted by molar-refractivity contribution is -0.386. The van der Waals surface area contributed by atoms with E-state index in [0.717, 1.165) is 0 Å². The van der Waals surface area contributed by atoms with Gasteiger partial charge in [-0.1, -0.05) is 0 Å². The first-order valence-corrected chi connectivity index (χ1v) is 3.94. The third kappa shape index (κ3) is 1.70. The molecule has 0 unspecified atom stereocenters. The Balaban J connectivity index is 3.16. The Morgan fingerprint density at radius 1 is 1.71 bits per heavy atom. The first kappa shape index (κ1) is 10.2. The van der Waals surface area contributed by atoms with Gasteiger partial charge in [-0.15, -0.1) is 0 Å². The zero-order chi connectivity index (χ0) is 10.9. The van der Waals surface area contributed by atoms with Crippen molar-refractivity contribution in [1.29, 1.82) is 5.41 Å². The molecular weight excluding hydrogens is 186 g/mol. The number of aryl methyl sites for hydroxylation is 1. The summed E-state index contributed by atoms with van der Waals surface area (Å²) < 4.78 is 1.36. The van der Waals surface area contributed by atoms with Crippen molar-refractivity contribution in [2.24, 2.45) is 5.73 Å².